The molecule has 1 atom stereocenters. The van der Waals surface area contributed by atoms with Crippen LogP contribution in [-0.2, 0) is 11.3 Å². The van der Waals surface area contributed by atoms with Crippen LogP contribution in [0.2, 0.25) is 0 Å². The molecule has 1 unspecified atom stereocenters. The molecule has 0 aliphatic carbocycles. The van der Waals surface area contributed by atoms with E-state index in [2.05, 4.69) is 65.3 Å². The van der Waals surface area contributed by atoms with Crippen molar-refractivity contribution in [3.63, 3.8) is 0 Å². The molecule has 0 spiro atoms. The molecule has 138 valence electrons. The maximum absolute atomic E-state index is 11.5. The third kappa shape index (κ3) is 3.87. The highest BCUT2D eigenvalue weighted by molar-refractivity contribution is 5.78. The number of carbonyl (C=O) groups is 1. The second-order valence-corrected chi connectivity index (χ2v) is 7.16. The Labute approximate surface area is 159 Å². The minimum atomic E-state index is 0.130. The van der Waals surface area contributed by atoms with Gasteiger partial charge in [-0.1, -0.05) is 24.3 Å². The largest absolute Gasteiger partial charge is 0.381 e. The Hall–Kier alpha value is -3.08. The Morgan fingerprint density at radius 2 is 2.04 bits per heavy atom. The van der Waals surface area contributed by atoms with Crippen LogP contribution < -0.4 is 10.6 Å². The molecule has 2 aromatic carbocycles. The van der Waals surface area contributed by atoms with E-state index in [0.29, 0.717) is 13.0 Å². The molecule has 0 saturated carbocycles. The second-order valence-electron chi connectivity index (χ2n) is 7.16. The number of hydrogen-bond donors (Lipinski definition) is 2. The molecule has 1 saturated heterocycles. The number of aromatic nitrogens is 2. The fraction of sp³-hybridized carbons (Fsp3) is 0.273. The first kappa shape index (κ1) is 17.3. The fourth-order valence-corrected chi connectivity index (χ4v) is 3.50. The number of hydrogen-bond acceptors (Lipinski definition) is 3. The van der Waals surface area contributed by atoms with Crippen molar-refractivity contribution in [3.8, 4) is 5.69 Å². The predicted octanol–water partition coefficient (Wildman–Crippen LogP) is 4.05. The van der Waals surface area contributed by atoms with Crippen molar-refractivity contribution in [2.45, 2.75) is 39.3 Å². The van der Waals surface area contributed by atoms with Crippen LogP contribution in [0.5, 0.6) is 0 Å². The predicted molar refractivity (Wildman–Crippen MR) is 107 cm³/mol. The molecule has 1 aromatic heterocycles. The Balaban J connectivity index is 1.47. The Kier molecular flexibility index (Phi) is 4.67. The molecular formula is C22H24N4O. The van der Waals surface area contributed by atoms with Gasteiger partial charge < -0.3 is 10.6 Å². The van der Waals surface area contributed by atoms with Crippen LogP contribution in [0.1, 0.15) is 41.3 Å². The van der Waals surface area contributed by atoms with Crippen LogP contribution in [0, 0.1) is 13.8 Å². The monoisotopic (exact) mass is 360 g/mol. The number of anilines is 1. The third-order valence-electron chi connectivity index (χ3n) is 5.03. The molecule has 1 amide bonds. The van der Waals surface area contributed by atoms with Crippen molar-refractivity contribution >= 4 is 11.6 Å². The number of nitrogens with zero attached hydrogens (tertiary/aromatic N) is 2. The van der Waals surface area contributed by atoms with Gasteiger partial charge in [0.05, 0.1) is 17.4 Å². The highest BCUT2D eigenvalue weighted by Crippen LogP contribution is 2.26. The number of rotatable bonds is 5. The summed E-state index contributed by atoms with van der Waals surface area (Å²) < 4.78 is 1.93. The first-order valence-corrected chi connectivity index (χ1v) is 9.34. The summed E-state index contributed by atoms with van der Waals surface area (Å²) in [6.07, 6.45) is 3.56. The molecule has 5 heteroatoms. The SMILES string of the molecule is Cc1cccc(-n2cc(CNc3cccc(C4CCC(=O)N4)c3)c(C)n2)c1. The van der Waals surface area contributed by atoms with Gasteiger partial charge in [0.1, 0.15) is 0 Å². The maximum Gasteiger partial charge on any atom is 0.220 e. The Morgan fingerprint density at radius 3 is 2.81 bits per heavy atom. The maximum atomic E-state index is 11.5. The van der Waals surface area contributed by atoms with Gasteiger partial charge in [0.15, 0.2) is 0 Å². The minimum Gasteiger partial charge on any atom is -0.381 e. The van der Waals surface area contributed by atoms with Crippen LogP contribution in [0.25, 0.3) is 5.69 Å². The van der Waals surface area contributed by atoms with Gasteiger partial charge in [0, 0.05) is 30.4 Å². The lowest BCUT2D eigenvalue weighted by Gasteiger charge is -2.13. The zero-order chi connectivity index (χ0) is 18.8. The number of amides is 1. The first-order valence-electron chi connectivity index (χ1n) is 9.34. The van der Waals surface area contributed by atoms with E-state index in [1.165, 1.54) is 5.56 Å². The standard InChI is InChI=1S/C22H24N4O/c1-15-5-3-8-20(11-15)26-14-18(16(2)25-26)13-23-19-7-4-6-17(12-19)21-9-10-22(27)24-21/h3-8,11-12,14,21,23H,9-10,13H2,1-2H3,(H,24,27). The summed E-state index contributed by atoms with van der Waals surface area (Å²) in [5.41, 5.74) is 6.67. The molecule has 0 radical (unpaired) electrons. The third-order valence-corrected chi connectivity index (χ3v) is 5.03. The summed E-state index contributed by atoms with van der Waals surface area (Å²) in [4.78, 5) is 11.5. The number of benzene rings is 2. The van der Waals surface area contributed by atoms with E-state index in [4.69, 9.17) is 0 Å². The van der Waals surface area contributed by atoms with Gasteiger partial charge in [-0.3, -0.25) is 4.79 Å². The first-order chi connectivity index (χ1) is 13.1. The van der Waals surface area contributed by atoms with Gasteiger partial charge in [0.25, 0.3) is 0 Å². The molecule has 2 heterocycles. The van der Waals surface area contributed by atoms with Crippen molar-refractivity contribution in [2.75, 3.05) is 5.32 Å². The van der Waals surface area contributed by atoms with Gasteiger partial charge in [-0.2, -0.15) is 5.10 Å². The average Bonchev–Trinajstić information content (AvgIpc) is 3.26. The van der Waals surface area contributed by atoms with Crippen molar-refractivity contribution in [3.05, 3.63) is 77.1 Å². The topological polar surface area (TPSA) is 59.0 Å². The lowest BCUT2D eigenvalue weighted by molar-refractivity contribution is -0.119. The van der Waals surface area contributed by atoms with Crippen LogP contribution >= 0.6 is 0 Å². The quantitative estimate of drug-likeness (QED) is 0.722. The summed E-state index contributed by atoms with van der Waals surface area (Å²) in [7, 11) is 0. The molecule has 1 aliphatic rings. The molecule has 5 nitrogen and oxygen atoms in total. The van der Waals surface area contributed by atoms with Crippen LogP contribution in [-0.4, -0.2) is 15.7 Å². The average molecular weight is 360 g/mol. The van der Waals surface area contributed by atoms with Crippen LogP contribution in [0.3, 0.4) is 0 Å². The van der Waals surface area contributed by atoms with E-state index in [-0.39, 0.29) is 11.9 Å². The van der Waals surface area contributed by atoms with Crippen molar-refractivity contribution in [1.82, 2.24) is 15.1 Å². The van der Waals surface area contributed by atoms with Crippen molar-refractivity contribution in [1.29, 1.82) is 0 Å². The van der Waals surface area contributed by atoms with Crippen molar-refractivity contribution < 1.29 is 4.79 Å². The van der Waals surface area contributed by atoms with E-state index < -0.39 is 0 Å². The van der Waals surface area contributed by atoms with Crippen molar-refractivity contribution in [2.24, 2.45) is 0 Å². The van der Waals surface area contributed by atoms with E-state index >= 15 is 0 Å². The van der Waals surface area contributed by atoms with Gasteiger partial charge in [-0.25, -0.2) is 4.68 Å². The lowest BCUT2D eigenvalue weighted by atomic mass is 10.0. The molecule has 0 bridgehead atoms. The summed E-state index contributed by atoms with van der Waals surface area (Å²) in [6, 6.07) is 16.7. The Bertz CT molecular complexity index is 976. The van der Waals surface area contributed by atoms with Crippen LogP contribution in [0.4, 0.5) is 5.69 Å². The zero-order valence-electron chi connectivity index (χ0n) is 15.7. The summed E-state index contributed by atoms with van der Waals surface area (Å²) in [5, 5.41) is 11.2. The van der Waals surface area contributed by atoms with E-state index in [0.717, 1.165) is 34.6 Å². The molecule has 3 aromatic rings. The van der Waals surface area contributed by atoms with E-state index in [1.807, 2.05) is 23.7 Å². The molecule has 2 N–H and O–H groups in total. The summed E-state index contributed by atoms with van der Waals surface area (Å²) in [5.74, 6) is 0.137. The zero-order valence-corrected chi connectivity index (χ0v) is 15.7. The molecule has 1 aliphatic heterocycles. The minimum absolute atomic E-state index is 0.130. The van der Waals surface area contributed by atoms with Gasteiger partial charge in [0.2, 0.25) is 5.91 Å². The molecule has 1 fully saturated rings. The molecule has 27 heavy (non-hydrogen) atoms. The van der Waals surface area contributed by atoms with E-state index in [1.54, 1.807) is 0 Å². The Morgan fingerprint density at radius 1 is 1.19 bits per heavy atom. The lowest BCUT2D eigenvalue weighted by Crippen LogP contribution is -2.18. The number of carbonyl (C=O) groups excluding carboxylic acids is 1. The number of aryl methyl sites for hydroxylation is 2. The van der Waals surface area contributed by atoms with Gasteiger partial charge >= 0.3 is 0 Å². The van der Waals surface area contributed by atoms with Gasteiger partial charge in [-0.15, -0.1) is 0 Å². The van der Waals surface area contributed by atoms with Gasteiger partial charge in [-0.05, 0) is 55.7 Å². The second kappa shape index (κ2) is 7.27. The highest BCUT2D eigenvalue weighted by atomic mass is 16.1. The van der Waals surface area contributed by atoms with Crippen LogP contribution in [0.15, 0.2) is 54.7 Å². The fourth-order valence-electron chi connectivity index (χ4n) is 3.50. The highest BCUT2D eigenvalue weighted by Gasteiger charge is 2.22. The number of nitrogens with one attached hydrogen (secondary N) is 2. The van der Waals surface area contributed by atoms with E-state index in [9.17, 15) is 4.79 Å². The summed E-state index contributed by atoms with van der Waals surface area (Å²) in [6.45, 7) is 4.83. The normalized spacial score (nSPS) is 16.4. The smallest absolute Gasteiger partial charge is 0.220 e. The molecular weight excluding hydrogens is 336 g/mol. The molecule has 4 rings (SSSR count). The summed E-state index contributed by atoms with van der Waals surface area (Å²) >= 11 is 0.